The third-order valence-electron chi connectivity index (χ3n) is 3.86. The van der Waals surface area contributed by atoms with Gasteiger partial charge >= 0.3 is 0 Å². The molecule has 0 aliphatic rings. The van der Waals surface area contributed by atoms with Gasteiger partial charge in [0.25, 0.3) is 0 Å². The van der Waals surface area contributed by atoms with Crippen LogP contribution in [0.5, 0.6) is 0 Å². The van der Waals surface area contributed by atoms with Gasteiger partial charge in [0, 0.05) is 11.6 Å². The van der Waals surface area contributed by atoms with Gasteiger partial charge in [-0.15, -0.1) is 0 Å². The fourth-order valence-electron chi connectivity index (χ4n) is 2.39. The molecule has 0 saturated carbocycles. The lowest BCUT2D eigenvalue weighted by Crippen LogP contribution is -2.19. The van der Waals surface area contributed by atoms with Crippen molar-refractivity contribution in [3.05, 3.63) is 54.6 Å². The first kappa shape index (κ1) is 16.0. The molecule has 1 atom stereocenters. The Bertz CT molecular complexity index is 807. The molecule has 6 heteroatoms. The molecule has 1 amide bonds. The van der Waals surface area contributed by atoms with Crippen LogP contribution in [-0.4, -0.2) is 20.7 Å². The Hall–Kier alpha value is -2.89. The van der Waals surface area contributed by atoms with E-state index in [0.29, 0.717) is 17.4 Å². The van der Waals surface area contributed by atoms with Crippen LogP contribution in [0, 0.1) is 0 Å². The average Bonchev–Trinajstić information content (AvgIpc) is 3.24. The number of rotatable bonds is 6. The number of hydrogen-bond donors (Lipinski definition) is 1. The maximum absolute atomic E-state index is 12.3. The minimum absolute atomic E-state index is 0.145. The van der Waals surface area contributed by atoms with Gasteiger partial charge in [-0.3, -0.25) is 4.79 Å². The molecule has 24 heavy (non-hydrogen) atoms. The molecule has 1 unspecified atom stereocenters. The van der Waals surface area contributed by atoms with Crippen molar-refractivity contribution in [3.63, 3.8) is 0 Å². The molecule has 2 aromatic heterocycles. The highest BCUT2D eigenvalue weighted by molar-refractivity contribution is 5.91. The predicted molar refractivity (Wildman–Crippen MR) is 91.5 cm³/mol. The maximum Gasteiger partial charge on any atom is 0.231 e. The van der Waals surface area contributed by atoms with Crippen LogP contribution in [0.4, 0.5) is 5.82 Å². The predicted octanol–water partition coefficient (Wildman–Crippen LogP) is 3.69. The molecule has 0 bridgehead atoms. The van der Waals surface area contributed by atoms with Gasteiger partial charge < -0.3 is 9.73 Å². The van der Waals surface area contributed by atoms with Crippen LogP contribution in [-0.2, 0) is 11.2 Å². The SMILES string of the molecule is CCC(C)n1nccc1NC(=O)Cc1coc(-c2ccccc2)n1. The van der Waals surface area contributed by atoms with Crippen molar-refractivity contribution >= 4 is 11.7 Å². The molecule has 3 aromatic rings. The van der Waals surface area contributed by atoms with Crippen LogP contribution < -0.4 is 5.32 Å². The lowest BCUT2D eigenvalue weighted by Gasteiger charge is -2.13. The number of oxazole rings is 1. The highest BCUT2D eigenvalue weighted by Crippen LogP contribution is 2.19. The lowest BCUT2D eigenvalue weighted by atomic mass is 10.2. The second-order valence-corrected chi connectivity index (χ2v) is 5.65. The number of hydrogen-bond acceptors (Lipinski definition) is 4. The Morgan fingerprint density at radius 2 is 2.08 bits per heavy atom. The van der Waals surface area contributed by atoms with Gasteiger partial charge in [0.1, 0.15) is 12.1 Å². The Labute approximate surface area is 140 Å². The van der Waals surface area contributed by atoms with Crippen LogP contribution in [0.25, 0.3) is 11.5 Å². The number of carbonyl (C=O) groups is 1. The summed E-state index contributed by atoms with van der Waals surface area (Å²) in [5.74, 6) is 1.07. The van der Waals surface area contributed by atoms with Gasteiger partial charge in [0.05, 0.1) is 24.4 Å². The van der Waals surface area contributed by atoms with Crippen molar-refractivity contribution < 1.29 is 9.21 Å². The van der Waals surface area contributed by atoms with Crippen LogP contribution in [0.15, 0.2) is 53.3 Å². The normalized spacial score (nSPS) is 12.1. The fraction of sp³-hybridized carbons (Fsp3) is 0.278. The molecule has 0 aliphatic heterocycles. The first-order valence-corrected chi connectivity index (χ1v) is 8.00. The molecule has 1 N–H and O–H groups in total. The third-order valence-corrected chi connectivity index (χ3v) is 3.86. The van der Waals surface area contributed by atoms with E-state index in [0.717, 1.165) is 12.0 Å². The van der Waals surface area contributed by atoms with E-state index in [1.165, 1.54) is 6.26 Å². The second kappa shape index (κ2) is 7.12. The van der Waals surface area contributed by atoms with Gasteiger partial charge in [-0.05, 0) is 25.5 Å². The number of carbonyl (C=O) groups excluding carboxylic acids is 1. The highest BCUT2D eigenvalue weighted by Gasteiger charge is 2.14. The standard InChI is InChI=1S/C18H20N4O2/c1-3-13(2)22-16(9-10-19-22)21-17(23)11-15-12-24-18(20-15)14-7-5-4-6-8-14/h4-10,12-13H,3,11H2,1-2H3,(H,21,23). The smallest absolute Gasteiger partial charge is 0.231 e. The van der Waals surface area contributed by atoms with Crippen molar-refractivity contribution in [2.45, 2.75) is 32.7 Å². The van der Waals surface area contributed by atoms with E-state index in [1.54, 1.807) is 12.3 Å². The number of benzene rings is 1. The van der Waals surface area contributed by atoms with Crippen LogP contribution >= 0.6 is 0 Å². The third kappa shape index (κ3) is 3.53. The molecular weight excluding hydrogens is 304 g/mol. The quantitative estimate of drug-likeness (QED) is 0.750. The fourth-order valence-corrected chi connectivity index (χ4v) is 2.39. The van der Waals surface area contributed by atoms with Crippen molar-refractivity contribution in [2.75, 3.05) is 5.32 Å². The van der Waals surface area contributed by atoms with E-state index >= 15 is 0 Å². The van der Waals surface area contributed by atoms with Crippen molar-refractivity contribution in [1.29, 1.82) is 0 Å². The number of aromatic nitrogens is 3. The zero-order chi connectivity index (χ0) is 16.9. The van der Waals surface area contributed by atoms with Crippen molar-refractivity contribution in [1.82, 2.24) is 14.8 Å². The summed E-state index contributed by atoms with van der Waals surface area (Å²) in [6, 6.07) is 11.6. The Morgan fingerprint density at radius 1 is 1.29 bits per heavy atom. The Morgan fingerprint density at radius 3 is 2.83 bits per heavy atom. The van der Waals surface area contributed by atoms with Gasteiger partial charge in [-0.25, -0.2) is 9.67 Å². The molecule has 2 heterocycles. The van der Waals surface area contributed by atoms with Crippen LogP contribution in [0.2, 0.25) is 0 Å². The van der Waals surface area contributed by atoms with Crippen LogP contribution in [0.1, 0.15) is 32.0 Å². The number of nitrogens with one attached hydrogen (secondary N) is 1. The molecule has 0 spiro atoms. The molecule has 124 valence electrons. The Kier molecular flexibility index (Phi) is 4.74. The Balaban J connectivity index is 1.66. The largest absolute Gasteiger partial charge is 0.444 e. The van der Waals surface area contributed by atoms with Crippen molar-refractivity contribution in [3.8, 4) is 11.5 Å². The van der Waals surface area contributed by atoms with E-state index < -0.39 is 0 Å². The summed E-state index contributed by atoms with van der Waals surface area (Å²) in [5.41, 5.74) is 1.49. The monoisotopic (exact) mass is 324 g/mol. The molecule has 1 aromatic carbocycles. The zero-order valence-corrected chi connectivity index (χ0v) is 13.8. The number of anilines is 1. The second-order valence-electron chi connectivity index (χ2n) is 5.65. The minimum Gasteiger partial charge on any atom is -0.444 e. The molecule has 0 fully saturated rings. The van der Waals surface area contributed by atoms with Gasteiger partial charge in [-0.1, -0.05) is 25.1 Å². The summed E-state index contributed by atoms with van der Waals surface area (Å²) >= 11 is 0. The summed E-state index contributed by atoms with van der Waals surface area (Å²) in [7, 11) is 0. The van der Waals surface area contributed by atoms with Gasteiger partial charge in [0.15, 0.2) is 0 Å². The molecule has 6 nitrogen and oxygen atoms in total. The minimum atomic E-state index is -0.145. The van der Waals surface area contributed by atoms with E-state index in [1.807, 2.05) is 35.0 Å². The summed E-state index contributed by atoms with van der Waals surface area (Å²) in [5, 5.41) is 7.14. The molecule has 0 saturated heterocycles. The highest BCUT2D eigenvalue weighted by atomic mass is 16.3. The van der Waals surface area contributed by atoms with Gasteiger partial charge in [-0.2, -0.15) is 5.10 Å². The molecular formula is C18H20N4O2. The number of amides is 1. The summed E-state index contributed by atoms with van der Waals surface area (Å²) < 4.78 is 7.27. The molecule has 0 radical (unpaired) electrons. The van der Waals surface area contributed by atoms with Crippen molar-refractivity contribution in [2.24, 2.45) is 0 Å². The van der Waals surface area contributed by atoms with E-state index in [-0.39, 0.29) is 18.4 Å². The van der Waals surface area contributed by atoms with E-state index in [4.69, 9.17) is 4.42 Å². The van der Waals surface area contributed by atoms with Gasteiger partial charge in [0.2, 0.25) is 11.8 Å². The summed E-state index contributed by atoms with van der Waals surface area (Å²) in [4.78, 5) is 16.6. The number of nitrogens with zero attached hydrogens (tertiary/aromatic N) is 3. The van der Waals surface area contributed by atoms with E-state index in [9.17, 15) is 4.79 Å². The summed E-state index contributed by atoms with van der Waals surface area (Å²) in [6.45, 7) is 4.14. The van der Waals surface area contributed by atoms with E-state index in [2.05, 4.69) is 29.2 Å². The molecule has 3 rings (SSSR count). The maximum atomic E-state index is 12.3. The summed E-state index contributed by atoms with van der Waals surface area (Å²) in [6.07, 6.45) is 4.30. The zero-order valence-electron chi connectivity index (χ0n) is 13.8. The first-order chi connectivity index (χ1) is 11.7. The topological polar surface area (TPSA) is 73.0 Å². The average molecular weight is 324 g/mol. The molecule has 0 aliphatic carbocycles. The first-order valence-electron chi connectivity index (χ1n) is 8.00. The van der Waals surface area contributed by atoms with Crippen LogP contribution in [0.3, 0.4) is 0 Å². The lowest BCUT2D eigenvalue weighted by molar-refractivity contribution is -0.115.